The Balaban J connectivity index is 2.82. The number of benzene rings is 1. The molecule has 4 nitrogen and oxygen atoms in total. The first-order valence-electron chi connectivity index (χ1n) is 6.74. The van der Waals surface area contributed by atoms with Gasteiger partial charge in [-0.3, -0.25) is 9.59 Å². The third kappa shape index (κ3) is 4.81. The Morgan fingerprint density at radius 1 is 1.10 bits per heavy atom. The Kier molecular flexibility index (Phi) is 5.81. The van der Waals surface area contributed by atoms with E-state index in [2.05, 4.69) is 10.6 Å². The summed E-state index contributed by atoms with van der Waals surface area (Å²) in [5.74, 6) is -2.23. The fourth-order valence-corrected chi connectivity index (χ4v) is 1.99. The van der Waals surface area contributed by atoms with Crippen LogP contribution in [-0.4, -0.2) is 17.9 Å². The van der Waals surface area contributed by atoms with E-state index in [-0.39, 0.29) is 17.4 Å². The van der Waals surface area contributed by atoms with Crippen LogP contribution in [0.4, 0.5) is 8.78 Å². The average molecular weight is 298 g/mol. The lowest BCUT2D eigenvalue weighted by molar-refractivity contribution is -0.129. The van der Waals surface area contributed by atoms with E-state index in [9.17, 15) is 18.4 Å². The van der Waals surface area contributed by atoms with E-state index in [0.717, 1.165) is 12.1 Å². The SMILES string of the molecule is CC(=O)N[C@H](C(=O)N[C@@H](C)c1ccc(F)cc1F)C(C)C. The first-order chi connectivity index (χ1) is 9.72. The summed E-state index contributed by atoms with van der Waals surface area (Å²) in [6.07, 6.45) is 0. The molecule has 21 heavy (non-hydrogen) atoms. The zero-order chi connectivity index (χ0) is 16.2. The molecule has 0 aromatic heterocycles. The second-order valence-electron chi connectivity index (χ2n) is 5.32. The molecule has 0 spiro atoms. The summed E-state index contributed by atoms with van der Waals surface area (Å²) < 4.78 is 26.5. The molecule has 6 heteroatoms. The molecule has 0 radical (unpaired) electrons. The Morgan fingerprint density at radius 2 is 1.71 bits per heavy atom. The zero-order valence-electron chi connectivity index (χ0n) is 12.5. The molecule has 0 aliphatic carbocycles. The average Bonchev–Trinajstić information content (AvgIpc) is 2.34. The number of amides is 2. The first-order valence-corrected chi connectivity index (χ1v) is 6.74. The molecule has 116 valence electrons. The molecule has 1 aromatic rings. The molecule has 0 saturated heterocycles. The minimum atomic E-state index is -0.719. The standard InChI is InChI=1S/C15H20F2N2O2/c1-8(2)14(19-10(4)20)15(21)18-9(3)12-6-5-11(16)7-13(12)17/h5-9,14H,1-4H3,(H,18,21)(H,19,20)/t9-,14-/m0/s1. The minimum absolute atomic E-state index is 0.112. The molecular formula is C15H20F2N2O2. The van der Waals surface area contributed by atoms with Gasteiger partial charge >= 0.3 is 0 Å². The van der Waals surface area contributed by atoms with Gasteiger partial charge < -0.3 is 10.6 Å². The Hall–Kier alpha value is -1.98. The number of carbonyl (C=O) groups excluding carboxylic acids is 2. The van der Waals surface area contributed by atoms with Crippen LogP contribution < -0.4 is 10.6 Å². The molecule has 2 N–H and O–H groups in total. The summed E-state index contributed by atoms with van der Waals surface area (Å²) >= 11 is 0. The molecular weight excluding hydrogens is 278 g/mol. The van der Waals surface area contributed by atoms with Crippen molar-refractivity contribution in [2.24, 2.45) is 5.92 Å². The molecule has 0 unspecified atom stereocenters. The summed E-state index contributed by atoms with van der Waals surface area (Å²) in [6, 6.07) is 1.86. The third-order valence-electron chi connectivity index (χ3n) is 3.10. The molecule has 0 aliphatic rings. The van der Waals surface area contributed by atoms with Crippen LogP contribution in [0.3, 0.4) is 0 Å². The van der Waals surface area contributed by atoms with Gasteiger partial charge in [0.15, 0.2) is 0 Å². The van der Waals surface area contributed by atoms with Crippen molar-refractivity contribution in [2.75, 3.05) is 0 Å². The van der Waals surface area contributed by atoms with Crippen LogP contribution in [0.15, 0.2) is 18.2 Å². The van der Waals surface area contributed by atoms with Crippen molar-refractivity contribution < 1.29 is 18.4 Å². The lowest BCUT2D eigenvalue weighted by atomic mass is 10.0. The highest BCUT2D eigenvalue weighted by atomic mass is 19.1. The maximum Gasteiger partial charge on any atom is 0.243 e. The van der Waals surface area contributed by atoms with E-state index in [1.165, 1.54) is 13.0 Å². The normalized spacial score (nSPS) is 13.7. The van der Waals surface area contributed by atoms with Crippen LogP contribution in [0, 0.1) is 17.6 Å². The highest BCUT2D eigenvalue weighted by Gasteiger charge is 2.25. The van der Waals surface area contributed by atoms with Crippen LogP contribution >= 0.6 is 0 Å². The van der Waals surface area contributed by atoms with Crippen molar-refractivity contribution >= 4 is 11.8 Å². The Morgan fingerprint density at radius 3 is 2.19 bits per heavy atom. The van der Waals surface area contributed by atoms with E-state index < -0.39 is 29.6 Å². The topological polar surface area (TPSA) is 58.2 Å². The number of halogens is 2. The van der Waals surface area contributed by atoms with Gasteiger partial charge in [0.2, 0.25) is 11.8 Å². The maximum atomic E-state index is 13.7. The van der Waals surface area contributed by atoms with Gasteiger partial charge in [0, 0.05) is 18.6 Å². The summed E-state index contributed by atoms with van der Waals surface area (Å²) in [4.78, 5) is 23.3. The summed E-state index contributed by atoms with van der Waals surface area (Å²) in [6.45, 7) is 6.51. The van der Waals surface area contributed by atoms with E-state index >= 15 is 0 Å². The van der Waals surface area contributed by atoms with Gasteiger partial charge in [-0.15, -0.1) is 0 Å². The fraction of sp³-hybridized carbons (Fsp3) is 0.467. The summed E-state index contributed by atoms with van der Waals surface area (Å²) in [5, 5.41) is 5.18. The molecule has 2 amide bonds. The molecule has 1 aromatic carbocycles. The van der Waals surface area contributed by atoms with Gasteiger partial charge in [0.25, 0.3) is 0 Å². The monoisotopic (exact) mass is 298 g/mol. The Bertz CT molecular complexity index is 532. The highest BCUT2D eigenvalue weighted by Crippen LogP contribution is 2.18. The molecule has 0 heterocycles. The quantitative estimate of drug-likeness (QED) is 0.876. The number of carbonyl (C=O) groups is 2. The minimum Gasteiger partial charge on any atom is -0.348 e. The number of rotatable bonds is 5. The van der Waals surface area contributed by atoms with Gasteiger partial charge in [-0.05, 0) is 18.9 Å². The molecule has 0 saturated carbocycles. The van der Waals surface area contributed by atoms with Crippen molar-refractivity contribution in [2.45, 2.75) is 39.8 Å². The summed E-state index contributed by atoms with van der Waals surface area (Å²) in [7, 11) is 0. The van der Waals surface area contributed by atoms with E-state index in [0.29, 0.717) is 0 Å². The lowest BCUT2D eigenvalue weighted by Crippen LogP contribution is -2.49. The van der Waals surface area contributed by atoms with Crippen LogP contribution in [0.2, 0.25) is 0 Å². The van der Waals surface area contributed by atoms with Crippen molar-refractivity contribution in [1.29, 1.82) is 0 Å². The number of hydrogen-bond donors (Lipinski definition) is 2. The van der Waals surface area contributed by atoms with Gasteiger partial charge in [-0.2, -0.15) is 0 Å². The van der Waals surface area contributed by atoms with E-state index in [1.807, 2.05) is 0 Å². The van der Waals surface area contributed by atoms with Crippen molar-refractivity contribution in [3.05, 3.63) is 35.4 Å². The first kappa shape index (κ1) is 17.1. The number of hydrogen-bond acceptors (Lipinski definition) is 2. The van der Waals surface area contributed by atoms with Gasteiger partial charge in [0.1, 0.15) is 17.7 Å². The largest absolute Gasteiger partial charge is 0.348 e. The van der Waals surface area contributed by atoms with Crippen molar-refractivity contribution in [3.63, 3.8) is 0 Å². The van der Waals surface area contributed by atoms with Crippen LogP contribution in [-0.2, 0) is 9.59 Å². The third-order valence-corrected chi connectivity index (χ3v) is 3.10. The second-order valence-corrected chi connectivity index (χ2v) is 5.32. The van der Waals surface area contributed by atoms with Gasteiger partial charge in [0.05, 0.1) is 6.04 Å². The molecule has 2 atom stereocenters. The second kappa shape index (κ2) is 7.15. The van der Waals surface area contributed by atoms with Gasteiger partial charge in [-0.1, -0.05) is 19.9 Å². The highest BCUT2D eigenvalue weighted by molar-refractivity contribution is 5.87. The Labute approximate surface area is 122 Å². The van der Waals surface area contributed by atoms with Crippen LogP contribution in [0.1, 0.15) is 39.3 Å². The predicted molar refractivity (Wildman–Crippen MR) is 75.4 cm³/mol. The summed E-state index contributed by atoms with van der Waals surface area (Å²) in [5.41, 5.74) is 0.190. The van der Waals surface area contributed by atoms with E-state index in [1.54, 1.807) is 20.8 Å². The molecule has 0 fully saturated rings. The van der Waals surface area contributed by atoms with Crippen molar-refractivity contribution in [1.82, 2.24) is 10.6 Å². The number of nitrogens with one attached hydrogen (secondary N) is 2. The fourth-order valence-electron chi connectivity index (χ4n) is 1.99. The molecule has 0 bridgehead atoms. The van der Waals surface area contributed by atoms with Crippen molar-refractivity contribution in [3.8, 4) is 0 Å². The predicted octanol–water partition coefficient (Wildman–Crippen LogP) is 2.30. The smallest absolute Gasteiger partial charge is 0.243 e. The van der Waals surface area contributed by atoms with Crippen LogP contribution in [0.25, 0.3) is 0 Å². The molecule has 0 aliphatic heterocycles. The zero-order valence-corrected chi connectivity index (χ0v) is 12.5. The van der Waals surface area contributed by atoms with Gasteiger partial charge in [-0.25, -0.2) is 8.78 Å². The molecule has 1 rings (SSSR count). The van der Waals surface area contributed by atoms with E-state index in [4.69, 9.17) is 0 Å². The maximum absolute atomic E-state index is 13.7. The van der Waals surface area contributed by atoms with Crippen LogP contribution in [0.5, 0.6) is 0 Å². The lowest BCUT2D eigenvalue weighted by Gasteiger charge is -2.23.